The van der Waals surface area contributed by atoms with Gasteiger partial charge in [0.25, 0.3) is 10.0 Å². The third kappa shape index (κ3) is 3.76. The molecule has 0 unspecified atom stereocenters. The number of aromatic nitrogens is 1. The minimum absolute atomic E-state index is 0.00703. The first kappa shape index (κ1) is 18.1. The molecule has 4 rings (SSSR count). The maximum absolute atomic E-state index is 12.6. The lowest BCUT2D eigenvalue weighted by molar-refractivity contribution is 0.0429. The summed E-state index contributed by atoms with van der Waals surface area (Å²) in [5.41, 5.74) is 0.849. The van der Waals surface area contributed by atoms with Crippen LogP contribution >= 0.6 is 11.3 Å². The number of carbonyl (C=O) groups excluding carboxylic acids is 1. The summed E-state index contributed by atoms with van der Waals surface area (Å²) in [6.07, 6.45) is 2.68. The van der Waals surface area contributed by atoms with E-state index in [0.717, 1.165) is 29.5 Å². The van der Waals surface area contributed by atoms with Gasteiger partial charge in [-0.15, -0.1) is 11.3 Å². The van der Waals surface area contributed by atoms with Gasteiger partial charge in [0.1, 0.15) is 11.6 Å². The Morgan fingerprint density at radius 1 is 1.15 bits per heavy atom. The molecule has 0 spiro atoms. The van der Waals surface area contributed by atoms with Crippen LogP contribution in [0.15, 0.2) is 45.9 Å². The quantitative estimate of drug-likeness (QED) is 0.603. The smallest absolute Gasteiger partial charge is 0.374 e. The molecule has 0 amide bonds. The monoisotopic (exact) mass is 406 g/mol. The van der Waals surface area contributed by atoms with Crippen LogP contribution in [0.4, 0.5) is 0 Å². The van der Waals surface area contributed by atoms with E-state index < -0.39 is 16.0 Å². The maximum Gasteiger partial charge on any atom is 0.374 e. The first-order valence-electron chi connectivity index (χ1n) is 8.65. The number of esters is 1. The minimum atomic E-state index is -3.71. The molecule has 1 aliphatic rings. The lowest BCUT2D eigenvalue weighted by Gasteiger charge is -2.24. The third-order valence-corrected chi connectivity index (χ3v) is 7.14. The number of benzene rings is 1. The minimum Gasteiger partial charge on any atom is -0.452 e. The van der Waals surface area contributed by atoms with Crippen LogP contribution in [0.1, 0.15) is 34.8 Å². The van der Waals surface area contributed by atoms with E-state index in [9.17, 15) is 13.2 Å². The number of piperidine rings is 1. The van der Waals surface area contributed by atoms with E-state index in [0.29, 0.717) is 18.1 Å². The summed E-state index contributed by atoms with van der Waals surface area (Å²) in [6, 6.07) is 10.3. The maximum atomic E-state index is 12.6. The molecule has 7 nitrogen and oxygen atoms in total. The van der Waals surface area contributed by atoms with Crippen molar-refractivity contribution in [3.05, 3.63) is 47.2 Å². The largest absolute Gasteiger partial charge is 0.452 e. The highest BCUT2D eigenvalue weighted by atomic mass is 32.2. The molecule has 1 fully saturated rings. The van der Waals surface area contributed by atoms with Gasteiger partial charge < -0.3 is 9.15 Å². The topological polar surface area (TPSA) is 89.7 Å². The van der Waals surface area contributed by atoms with Gasteiger partial charge in [0.05, 0.1) is 10.2 Å². The number of sulfonamides is 1. The lowest BCUT2D eigenvalue weighted by Crippen LogP contribution is -2.35. The molecule has 0 aliphatic carbocycles. The van der Waals surface area contributed by atoms with Gasteiger partial charge in [-0.3, -0.25) is 0 Å². The standard InChI is InChI=1S/C18H18N2O5S2/c21-18(24-12-16-19-13-6-2-3-7-15(13)26-16)14-8-9-17(25-14)27(22,23)20-10-4-1-5-11-20/h2-3,6-9H,1,4-5,10-12H2. The number of rotatable bonds is 5. The van der Waals surface area contributed by atoms with Crippen LogP contribution in [-0.2, 0) is 21.4 Å². The number of ether oxygens (including phenoxy) is 1. The number of fused-ring (bicyclic) bond motifs is 1. The van der Waals surface area contributed by atoms with Gasteiger partial charge in [-0.05, 0) is 37.1 Å². The highest BCUT2D eigenvalue weighted by Gasteiger charge is 2.30. The Kier molecular flexibility index (Phi) is 4.98. The Balaban J connectivity index is 1.43. The Morgan fingerprint density at radius 3 is 2.70 bits per heavy atom. The third-order valence-electron chi connectivity index (χ3n) is 4.36. The highest BCUT2D eigenvalue weighted by molar-refractivity contribution is 7.89. The van der Waals surface area contributed by atoms with Crippen LogP contribution in [0.3, 0.4) is 0 Å². The zero-order valence-corrected chi connectivity index (χ0v) is 16.1. The number of carbonyl (C=O) groups is 1. The molecule has 0 saturated carbocycles. The molecule has 0 radical (unpaired) electrons. The van der Waals surface area contributed by atoms with Crippen molar-refractivity contribution in [2.45, 2.75) is 31.0 Å². The van der Waals surface area contributed by atoms with Gasteiger partial charge in [-0.2, -0.15) is 4.31 Å². The van der Waals surface area contributed by atoms with E-state index >= 15 is 0 Å². The summed E-state index contributed by atoms with van der Waals surface area (Å²) in [6.45, 7) is 0.952. The van der Waals surface area contributed by atoms with E-state index in [-0.39, 0.29) is 17.5 Å². The van der Waals surface area contributed by atoms with Crippen LogP contribution < -0.4 is 0 Å². The molecular weight excluding hydrogens is 388 g/mol. The molecular formula is C18H18N2O5S2. The molecule has 1 saturated heterocycles. The number of hydrogen-bond acceptors (Lipinski definition) is 7. The van der Waals surface area contributed by atoms with Crippen LogP contribution in [0.2, 0.25) is 0 Å². The number of para-hydroxylation sites is 1. The average molecular weight is 406 g/mol. The van der Waals surface area contributed by atoms with Crippen molar-refractivity contribution in [1.29, 1.82) is 0 Å². The van der Waals surface area contributed by atoms with Crippen LogP contribution in [0.5, 0.6) is 0 Å². The lowest BCUT2D eigenvalue weighted by atomic mass is 10.2. The number of nitrogens with zero attached hydrogens (tertiary/aromatic N) is 2. The second-order valence-electron chi connectivity index (χ2n) is 6.23. The molecule has 27 heavy (non-hydrogen) atoms. The second kappa shape index (κ2) is 7.41. The van der Waals surface area contributed by atoms with Crippen LogP contribution in [0, 0.1) is 0 Å². The Morgan fingerprint density at radius 2 is 1.93 bits per heavy atom. The summed E-state index contributed by atoms with van der Waals surface area (Å²) in [5.74, 6) is -0.846. The summed E-state index contributed by atoms with van der Waals surface area (Å²) in [5, 5.41) is 0.439. The van der Waals surface area contributed by atoms with Crippen molar-refractivity contribution >= 4 is 37.5 Å². The van der Waals surface area contributed by atoms with Crippen molar-refractivity contribution in [2.75, 3.05) is 13.1 Å². The molecule has 0 N–H and O–H groups in total. The van der Waals surface area contributed by atoms with Crippen LogP contribution in [-0.4, -0.2) is 36.8 Å². The first-order valence-corrected chi connectivity index (χ1v) is 10.9. The zero-order chi connectivity index (χ0) is 18.9. The van der Waals surface area contributed by atoms with Gasteiger partial charge >= 0.3 is 5.97 Å². The van der Waals surface area contributed by atoms with Crippen LogP contribution in [0.25, 0.3) is 10.2 Å². The van der Waals surface area contributed by atoms with Gasteiger partial charge in [0.15, 0.2) is 0 Å². The van der Waals surface area contributed by atoms with Gasteiger partial charge in [0, 0.05) is 13.1 Å². The van der Waals surface area contributed by atoms with E-state index in [1.165, 1.54) is 27.8 Å². The molecule has 0 atom stereocenters. The van der Waals surface area contributed by atoms with Crippen molar-refractivity contribution < 1.29 is 22.4 Å². The van der Waals surface area contributed by atoms with Crippen molar-refractivity contribution in [2.24, 2.45) is 0 Å². The second-order valence-corrected chi connectivity index (χ2v) is 9.22. The fraction of sp³-hybridized carbons (Fsp3) is 0.333. The van der Waals surface area contributed by atoms with E-state index in [1.807, 2.05) is 24.3 Å². The van der Waals surface area contributed by atoms with E-state index in [1.54, 1.807) is 0 Å². The Labute approximate surface area is 160 Å². The number of hydrogen-bond donors (Lipinski definition) is 0. The van der Waals surface area contributed by atoms with Crippen molar-refractivity contribution in [1.82, 2.24) is 9.29 Å². The molecule has 1 aromatic carbocycles. The van der Waals surface area contributed by atoms with Gasteiger partial charge in [-0.1, -0.05) is 18.6 Å². The summed E-state index contributed by atoms with van der Waals surface area (Å²) >= 11 is 1.44. The molecule has 9 heteroatoms. The van der Waals surface area contributed by atoms with Crippen molar-refractivity contribution in [3.8, 4) is 0 Å². The summed E-state index contributed by atoms with van der Waals surface area (Å²) in [7, 11) is -3.71. The van der Waals surface area contributed by atoms with E-state index in [2.05, 4.69) is 4.98 Å². The SMILES string of the molecule is O=C(OCc1nc2ccccc2s1)c1ccc(S(=O)(=O)N2CCCCC2)o1. The molecule has 2 aromatic heterocycles. The normalized spacial score (nSPS) is 15.9. The number of furan rings is 1. The zero-order valence-electron chi connectivity index (χ0n) is 14.5. The predicted octanol–water partition coefficient (Wildman–Crippen LogP) is 3.42. The van der Waals surface area contributed by atoms with Gasteiger partial charge in [0.2, 0.25) is 10.9 Å². The Hall–Kier alpha value is -2.23. The molecule has 1 aliphatic heterocycles. The highest BCUT2D eigenvalue weighted by Crippen LogP contribution is 2.24. The van der Waals surface area contributed by atoms with E-state index in [4.69, 9.17) is 9.15 Å². The number of thiazole rings is 1. The first-order chi connectivity index (χ1) is 13.0. The summed E-state index contributed by atoms with van der Waals surface area (Å²) in [4.78, 5) is 16.6. The molecule has 0 bridgehead atoms. The van der Waals surface area contributed by atoms with Crippen molar-refractivity contribution in [3.63, 3.8) is 0 Å². The Bertz CT molecular complexity index is 1030. The molecule has 3 aromatic rings. The average Bonchev–Trinajstić information content (AvgIpc) is 3.34. The van der Waals surface area contributed by atoms with Gasteiger partial charge in [-0.25, -0.2) is 18.2 Å². The predicted molar refractivity (Wildman–Crippen MR) is 100 cm³/mol. The fourth-order valence-electron chi connectivity index (χ4n) is 2.98. The summed E-state index contributed by atoms with van der Waals surface area (Å²) < 4.78 is 38.1. The fourth-order valence-corrected chi connectivity index (χ4v) is 5.29. The molecule has 142 valence electrons. The molecule has 3 heterocycles.